The van der Waals surface area contributed by atoms with Crippen molar-refractivity contribution in [1.82, 2.24) is 10.2 Å². The van der Waals surface area contributed by atoms with E-state index in [1.54, 1.807) is 12.1 Å². The molecule has 0 fully saturated rings. The summed E-state index contributed by atoms with van der Waals surface area (Å²) in [6, 6.07) is 4.75. The highest BCUT2D eigenvalue weighted by Crippen LogP contribution is 2.11. The molecule has 1 heterocycles. The molecule has 0 amide bonds. The number of nitrogens with zero attached hydrogens (tertiary/aromatic N) is 1. The molecule has 0 aliphatic heterocycles. The highest BCUT2D eigenvalue weighted by atomic mass is 16.5. The molecular formula is C20H24N2O3. The average molecular weight is 340 g/mol. The average Bonchev–Trinajstić information content (AvgIpc) is 2.64. The lowest BCUT2D eigenvalue weighted by molar-refractivity contribution is 0.0601. The van der Waals surface area contributed by atoms with Crippen LogP contribution in [-0.2, 0) is 4.74 Å². The lowest BCUT2D eigenvalue weighted by atomic mass is 10.1. The Labute approximate surface area is 147 Å². The molecule has 25 heavy (non-hydrogen) atoms. The van der Waals surface area contributed by atoms with Gasteiger partial charge in [0.1, 0.15) is 0 Å². The lowest BCUT2D eigenvalue weighted by Crippen LogP contribution is -2.12. The number of ether oxygens (including phenoxy) is 1. The van der Waals surface area contributed by atoms with E-state index in [1.807, 2.05) is 0 Å². The Morgan fingerprint density at radius 2 is 1.96 bits per heavy atom. The summed E-state index contributed by atoms with van der Waals surface area (Å²) < 4.78 is 4.69. The first-order valence-electron chi connectivity index (χ1n) is 8.77. The molecule has 0 radical (unpaired) electrons. The third-order valence-electron chi connectivity index (χ3n) is 4.05. The van der Waals surface area contributed by atoms with Gasteiger partial charge in [-0.1, -0.05) is 44.9 Å². The van der Waals surface area contributed by atoms with Crippen molar-refractivity contribution in [2.24, 2.45) is 0 Å². The molecule has 0 spiro atoms. The second-order valence-corrected chi connectivity index (χ2v) is 5.97. The number of fused-ring (bicyclic) bond motifs is 1. The molecule has 0 saturated heterocycles. The van der Waals surface area contributed by atoms with Gasteiger partial charge in [0.2, 0.25) is 5.43 Å². The van der Waals surface area contributed by atoms with Crippen LogP contribution in [0.1, 0.15) is 67.9 Å². The molecule has 0 aliphatic carbocycles. The maximum atomic E-state index is 12.5. The molecule has 1 aromatic carbocycles. The predicted molar refractivity (Wildman–Crippen MR) is 98.6 cm³/mol. The van der Waals surface area contributed by atoms with Crippen LogP contribution in [0.2, 0.25) is 0 Å². The van der Waals surface area contributed by atoms with Gasteiger partial charge in [-0.15, -0.1) is 0 Å². The third kappa shape index (κ3) is 5.18. The Hall–Kier alpha value is -2.61. The zero-order valence-corrected chi connectivity index (χ0v) is 14.9. The molecule has 5 nitrogen and oxygen atoms in total. The maximum Gasteiger partial charge on any atom is 0.337 e. The van der Waals surface area contributed by atoms with Crippen LogP contribution in [0, 0.1) is 11.8 Å². The van der Waals surface area contributed by atoms with Crippen LogP contribution in [0.3, 0.4) is 0 Å². The van der Waals surface area contributed by atoms with E-state index in [0.717, 1.165) is 12.8 Å². The van der Waals surface area contributed by atoms with Crippen molar-refractivity contribution in [3.05, 3.63) is 39.7 Å². The number of rotatable bonds is 7. The first-order chi connectivity index (χ1) is 12.2. The van der Waals surface area contributed by atoms with Crippen LogP contribution in [0.15, 0.2) is 23.0 Å². The van der Waals surface area contributed by atoms with Gasteiger partial charge in [-0.2, -0.15) is 5.10 Å². The van der Waals surface area contributed by atoms with Crippen molar-refractivity contribution in [2.75, 3.05) is 7.11 Å². The van der Waals surface area contributed by atoms with Crippen molar-refractivity contribution in [3.8, 4) is 11.8 Å². The van der Waals surface area contributed by atoms with E-state index in [0.29, 0.717) is 16.5 Å². The molecule has 2 aromatic rings. The number of nitrogens with one attached hydrogen (secondary N) is 1. The van der Waals surface area contributed by atoms with Crippen molar-refractivity contribution in [3.63, 3.8) is 0 Å². The number of carbonyl (C=O) groups excluding carboxylic acids is 1. The fourth-order valence-electron chi connectivity index (χ4n) is 2.59. The van der Waals surface area contributed by atoms with Gasteiger partial charge in [0, 0.05) is 6.42 Å². The number of methoxy groups -OCH3 is 1. The minimum atomic E-state index is -0.478. The van der Waals surface area contributed by atoms with Crippen LogP contribution < -0.4 is 5.43 Å². The van der Waals surface area contributed by atoms with Gasteiger partial charge in [-0.05, 0) is 30.5 Å². The van der Waals surface area contributed by atoms with Crippen LogP contribution in [0.5, 0.6) is 0 Å². The standard InChI is InChI=1S/C20H24N2O3/c1-3-4-5-6-7-8-9-10-11-18-19(23)16-14-15(20(24)25-2)12-13-17(16)21-22-18/h12-14H,3-9H2,1-2H3,(H,21,23). The Morgan fingerprint density at radius 1 is 1.20 bits per heavy atom. The molecule has 1 N–H and O–H groups in total. The van der Waals surface area contributed by atoms with Crippen LogP contribution >= 0.6 is 0 Å². The molecule has 0 unspecified atom stereocenters. The second kappa shape index (κ2) is 9.63. The summed E-state index contributed by atoms with van der Waals surface area (Å²) in [5.41, 5.74) is 0.812. The fourth-order valence-corrected chi connectivity index (χ4v) is 2.59. The number of esters is 1. The van der Waals surface area contributed by atoms with Crippen LogP contribution in [0.4, 0.5) is 0 Å². The van der Waals surface area contributed by atoms with Gasteiger partial charge in [-0.25, -0.2) is 4.79 Å². The van der Waals surface area contributed by atoms with Crippen LogP contribution in [-0.4, -0.2) is 23.3 Å². The van der Waals surface area contributed by atoms with Crippen molar-refractivity contribution < 1.29 is 9.53 Å². The lowest BCUT2D eigenvalue weighted by Gasteiger charge is -2.01. The molecular weight excluding hydrogens is 316 g/mol. The van der Waals surface area contributed by atoms with Gasteiger partial charge in [0.05, 0.1) is 23.6 Å². The Morgan fingerprint density at radius 3 is 2.72 bits per heavy atom. The van der Waals surface area contributed by atoms with Crippen molar-refractivity contribution >= 4 is 16.9 Å². The first-order valence-corrected chi connectivity index (χ1v) is 8.77. The smallest absolute Gasteiger partial charge is 0.337 e. The Kier molecular flexibility index (Phi) is 7.21. The zero-order chi connectivity index (χ0) is 18.1. The van der Waals surface area contributed by atoms with E-state index in [4.69, 9.17) is 0 Å². The summed E-state index contributed by atoms with van der Waals surface area (Å²) >= 11 is 0. The SMILES string of the molecule is CCCCCCCCC#Cc1n[nH]c2ccc(C(=O)OC)cc2c1=O. The normalized spacial score (nSPS) is 10.3. The molecule has 132 valence electrons. The summed E-state index contributed by atoms with van der Waals surface area (Å²) in [4.78, 5) is 24.1. The second-order valence-electron chi connectivity index (χ2n) is 5.97. The number of aromatic nitrogens is 2. The summed E-state index contributed by atoms with van der Waals surface area (Å²) in [6.07, 6.45) is 8.00. The zero-order valence-electron chi connectivity index (χ0n) is 14.9. The number of benzene rings is 1. The Bertz CT molecular complexity index is 843. The molecule has 0 saturated carbocycles. The van der Waals surface area contributed by atoms with E-state index in [2.05, 4.69) is 33.7 Å². The monoisotopic (exact) mass is 340 g/mol. The van der Waals surface area contributed by atoms with Gasteiger partial charge in [0.25, 0.3) is 0 Å². The number of hydrogen-bond acceptors (Lipinski definition) is 4. The number of carbonyl (C=O) groups is 1. The summed E-state index contributed by atoms with van der Waals surface area (Å²) in [6.45, 7) is 2.20. The fraction of sp³-hybridized carbons (Fsp3) is 0.450. The molecule has 2 rings (SSSR count). The number of unbranched alkanes of at least 4 members (excludes halogenated alkanes) is 6. The molecule has 0 bridgehead atoms. The van der Waals surface area contributed by atoms with E-state index in [9.17, 15) is 9.59 Å². The van der Waals surface area contributed by atoms with Gasteiger partial charge >= 0.3 is 5.97 Å². The summed E-state index contributed by atoms with van der Waals surface area (Å²) in [5, 5.41) is 7.24. The highest BCUT2D eigenvalue weighted by molar-refractivity contribution is 5.94. The first kappa shape index (κ1) is 18.7. The quantitative estimate of drug-likeness (QED) is 0.472. The molecule has 1 aromatic heterocycles. The minimum Gasteiger partial charge on any atom is -0.465 e. The molecule has 0 aliphatic rings. The largest absolute Gasteiger partial charge is 0.465 e. The van der Waals surface area contributed by atoms with Gasteiger partial charge in [0.15, 0.2) is 5.69 Å². The molecule has 0 atom stereocenters. The Balaban J connectivity index is 2.07. The maximum absolute atomic E-state index is 12.5. The number of H-pyrrole nitrogens is 1. The highest BCUT2D eigenvalue weighted by Gasteiger charge is 2.10. The summed E-state index contributed by atoms with van der Waals surface area (Å²) in [5.74, 6) is 5.39. The van der Waals surface area contributed by atoms with Crippen molar-refractivity contribution in [1.29, 1.82) is 0 Å². The van der Waals surface area contributed by atoms with E-state index < -0.39 is 5.97 Å². The van der Waals surface area contributed by atoms with E-state index in [-0.39, 0.29) is 11.1 Å². The van der Waals surface area contributed by atoms with E-state index in [1.165, 1.54) is 45.3 Å². The summed E-state index contributed by atoms with van der Waals surface area (Å²) in [7, 11) is 1.31. The van der Waals surface area contributed by atoms with Crippen LogP contribution in [0.25, 0.3) is 10.9 Å². The minimum absolute atomic E-state index is 0.181. The topological polar surface area (TPSA) is 72.1 Å². The number of hydrogen-bond donors (Lipinski definition) is 1. The predicted octanol–water partition coefficient (Wildman–Crippen LogP) is 3.81. The number of aromatic amines is 1. The van der Waals surface area contributed by atoms with Gasteiger partial charge in [-0.3, -0.25) is 9.89 Å². The van der Waals surface area contributed by atoms with Crippen molar-refractivity contribution in [2.45, 2.75) is 51.9 Å². The van der Waals surface area contributed by atoms with Gasteiger partial charge < -0.3 is 4.74 Å². The van der Waals surface area contributed by atoms with E-state index >= 15 is 0 Å². The molecule has 5 heteroatoms. The third-order valence-corrected chi connectivity index (χ3v) is 4.05.